The van der Waals surface area contributed by atoms with E-state index >= 15 is 0 Å². The van der Waals surface area contributed by atoms with Crippen LogP contribution in [0.4, 0.5) is 28.0 Å². The summed E-state index contributed by atoms with van der Waals surface area (Å²) in [4.78, 5) is 26.3. The molecule has 0 radical (unpaired) electrons. The molecule has 3 aromatic rings. The second-order valence-corrected chi connectivity index (χ2v) is 7.72. The minimum atomic E-state index is -4.87. The first kappa shape index (κ1) is 23.4. The van der Waals surface area contributed by atoms with Crippen molar-refractivity contribution in [2.75, 3.05) is 11.9 Å². The molecule has 3 amide bonds. The number of rotatable bonds is 4. The monoisotopic (exact) mass is 497 g/mol. The number of hydrogen-bond donors (Lipinski definition) is 2. The first-order valence-corrected chi connectivity index (χ1v) is 10.2. The SMILES string of the molecule is NC(=O)c1c(-c2ccc(F)c(Cl)c2)nn2c1CN(C(=O)Nc1cccc(OC(F)(F)F)c1)CC2. The van der Waals surface area contributed by atoms with Gasteiger partial charge in [0, 0.05) is 23.9 Å². The molecule has 1 aliphatic rings. The zero-order valence-corrected chi connectivity index (χ0v) is 18.0. The number of fused-ring (bicyclic) bond motifs is 1. The maximum absolute atomic E-state index is 13.6. The first-order chi connectivity index (χ1) is 16.0. The van der Waals surface area contributed by atoms with Crippen molar-refractivity contribution in [1.82, 2.24) is 14.7 Å². The summed E-state index contributed by atoms with van der Waals surface area (Å²) in [6, 6.07) is 8.08. The smallest absolute Gasteiger partial charge is 0.406 e. The zero-order valence-electron chi connectivity index (χ0n) is 17.2. The Kier molecular flexibility index (Phi) is 6.09. The van der Waals surface area contributed by atoms with E-state index in [1.54, 1.807) is 0 Å². The molecule has 0 fully saturated rings. The number of aromatic nitrogens is 2. The fourth-order valence-corrected chi connectivity index (χ4v) is 3.75. The molecule has 0 unspecified atom stereocenters. The molecule has 1 aliphatic heterocycles. The largest absolute Gasteiger partial charge is 0.573 e. The summed E-state index contributed by atoms with van der Waals surface area (Å²) in [6.45, 7) is 0.362. The van der Waals surface area contributed by atoms with Crippen LogP contribution in [0.1, 0.15) is 16.1 Å². The number of hydrogen-bond acceptors (Lipinski definition) is 4. The molecule has 0 spiro atoms. The molecule has 4 rings (SSSR count). The summed E-state index contributed by atoms with van der Waals surface area (Å²) >= 11 is 5.85. The number of anilines is 1. The Morgan fingerprint density at radius 2 is 1.91 bits per heavy atom. The van der Waals surface area contributed by atoms with Gasteiger partial charge in [0.2, 0.25) is 0 Å². The predicted molar refractivity (Wildman–Crippen MR) is 114 cm³/mol. The van der Waals surface area contributed by atoms with Crippen LogP contribution >= 0.6 is 11.6 Å². The number of halogens is 5. The Morgan fingerprint density at radius 1 is 1.15 bits per heavy atom. The van der Waals surface area contributed by atoms with Crippen LogP contribution in [0.3, 0.4) is 0 Å². The fraction of sp³-hybridized carbons (Fsp3) is 0.190. The van der Waals surface area contributed by atoms with Crippen molar-refractivity contribution in [3.05, 3.63) is 64.6 Å². The minimum absolute atomic E-state index is 0.0508. The molecule has 3 N–H and O–H groups in total. The van der Waals surface area contributed by atoms with Crippen molar-refractivity contribution < 1.29 is 31.9 Å². The first-order valence-electron chi connectivity index (χ1n) is 9.78. The summed E-state index contributed by atoms with van der Waals surface area (Å²) in [7, 11) is 0. The van der Waals surface area contributed by atoms with Gasteiger partial charge in [0.15, 0.2) is 0 Å². The highest BCUT2D eigenvalue weighted by atomic mass is 35.5. The topological polar surface area (TPSA) is 102 Å². The standard InChI is InChI=1S/C21H16ClF4N5O3/c22-14-8-11(4-5-15(14)23)18-17(19(27)32)16-10-30(6-7-31(16)29-18)20(33)28-12-2-1-3-13(9-12)34-21(24,25)26/h1-5,8-9H,6-7,10H2,(H2,27,32)(H,28,33). The molecule has 34 heavy (non-hydrogen) atoms. The highest BCUT2D eigenvalue weighted by molar-refractivity contribution is 6.31. The van der Waals surface area contributed by atoms with Gasteiger partial charge >= 0.3 is 12.4 Å². The molecule has 1 aromatic heterocycles. The Labute approximate surface area is 194 Å². The fourth-order valence-electron chi connectivity index (χ4n) is 3.57. The van der Waals surface area contributed by atoms with Gasteiger partial charge in [0.1, 0.15) is 17.3 Å². The molecule has 0 saturated heterocycles. The lowest BCUT2D eigenvalue weighted by atomic mass is 10.0. The number of carbonyl (C=O) groups excluding carboxylic acids is 2. The van der Waals surface area contributed by atoms with Gasteiger partial charge in [0.25, 0.3) is 5.91 Å². The quantitative estimate of drug-likeness (QED) is 0.522. The summed E-state index contributed by atoms with van der Waals surface area (Å²) in [5, 5.41) is 6.74. The van der Waals surface area contributed by atoms with Crippen molar-refractivity contribution in [3.63, 3.8) is 0 Å². The molecular weight excluding hydrogens is 482 g/mol. The normalized spacial score (nSPS) is 13.4. The van der Waals surface area contributed by atoms with Crippen molar-refractivity contribution in [2.45, 2.75) is 19.5 Å². The molecule has 0 aliphatic carbocycles. The van der Waals surface area contributed by atoms with Gasteiger partial charge in [-0.25, -0.2) is 9.18 Å². The van der Waals surface area contributed by atoms with Crippen LogP contribution < -0.4 is 15.8 Å². The van der Waals surface area contributed by atoms with Crippen LogP contribution in [0, 0.1) is 5.82 Å². The Morgan fingerprint density at radius 3 is 2.59 bits per heavy atom. The lowest BCUT2D eigenvalue weighted by Crippen LogP contribution is -2.41. The summed E-state index contributed by atoms with van der Waals surface area (Å²) in [5.74, 6) is -1.92. The Hall–Kier alpha value is -3.80. The van der Waals surface area contributed by atoms with Gasteiger partial charge in [0.05, 0.1) is 29.4 Å². The number of nitrogens with one attached hydrogen (secondary N) is 1. The van der Waals surface area contributed by atoms with Gasteiger partial charge in [-0.15, -0.1) is 13.2 Å². The maximum Gasteiger partial charge on any atom is 0.573 e. The number of nitrogens with two attached hydrogens (primary N) is 1. The van der Waals surface area contributed by atoms with Crippen molar-refractivity contribution in [1.29, 1.82) is 0 Å². The molecule has 2 heterocycles. The van der Waals surface area contributed by atoms with E-state index in [1.165, 1.54) is 33.8 Å². The molecular formula is C21H16ClF4N5O3. The Balaban J connectivity index is 1.57. The van der Waals surface area contributed by atoms with E-state index < -0.39 is 29.9 Å². The van der Waals surface area contributed by atoms with E-state index in [9.17, 15) is 27.2 Å². The third kappa shape index (κ3) is 4.91. The van der Waals surface area contributed by atoms with Crippen LogP contribution in [0.2, 0.25) is 5.02 Å². The third-order valence-electron chi connectivity index (χ3n) is 5.03. The molecule has 2 aromatic carbocycles. The molecule has 13 heteroatoms. The molecule has 178 valence electrons. The molecule has 0 bridgehead atoms. The average Bonchev–Trinajstić information content (AvgIpc) is 3.13. The van der Waals surface area contributed by atoms with Gasteiger partial charge in [-0.1, -0.05) is 17.7 Å². The van der Waals surface area contributed by atoms with Crippen LogP contribution in [0.5, 0.6) is 5.75 Å². The van der Waals surface area contributed by atoms with Crippen molar-refractivity contribution in [3.8, 4) is 17.0 Å². The van der Waals surface area contributed by atoms with E-state index in [2.05, 4.69) is 15.2 Å². The number of ether oxygens (including phenoxy) is 1. The molecule has 0 saturated carbocycles. The second-order valence-electron chi connectivity index (χ2n) is 7.31. The number of urea groups is 1. The van der Waals surface area contributed by atoms with Crippen molar-refractivity contribution in [2.24, 2.45) is 5.73 Å². The van der Waals surface area contributed by atoms with E-state index in [1.807, 2.05) is 0 Å². The van der Waals surface area contributed by atoms with Crippen molar-refractivity contribution >= 4 is 29.2 Å². The van der Waals surface area contributed by atoms with E-state index in [0.29, 0.717) is 11.3 Å². The number of carbonyl (C=O) groups is 2. The minimum Gasteiger partial charge on any atom is -0.406 e. The van der Waals surface area contributed by atoms with E-state index in [0.717, 1.165) is 18.2 Å². The third-order valence-corrected chi connectivity index (χ3v) is 5.32. The summed E-state index contributed by atoms with van der Waals surface area (Å²) < 4.78 is 56.3. The maximum atomic E-state index is 13.6. The van der Waals surface area contributed by atoms with E-state index in [-0.39, 0.29) is 41.6 Å². The van der Waals surface area contributed by atoms with Crippen LogP contribution in [-0.2, 0) is 13.1 Å². The van der Waals surface area contributed by atoms with Crippen LogP contribution in [0.15, 0.2) is 42.5 Å². The number of nitrogens with zero attached hydrogens (tertiary/aromatic N) is 3. The number of amides is 3. The van der Waals surface area contributed by atoms with Gasteiger partial charge in [-0.05, 0) is 30.3 Å². The van der Waals surface area contributed by atoms with Gasteiger partial charge in [-0.3, -0.25) is 9.48 Å². The highest BCUT2D eigenvalue weighted by Crippen LogP contribution is 2.31. The summed E-state index contributed by atoms with van der Waals surface area (Å²) in [5.41, 5.74) is 6.65. The van der Waals surface area contributed by atoms with E-state index in [4.69, 9.17) is 17.3 Å². The van der Waals surface area contributed by atoms with Crippen LogP contribution in [0.25, 0.3) is 11.3 Å². The lowest BCUT2D eigenvalue weighted by molar-refractivity contribution is -0.274. The lowest BCUT2D eigenvalue weighted by Gasteiger charge is -2.28. The second kappa shape index (κ2) is 8.86. The predicted octanol–water partition coefficient (Wildman–Crippen LogP) is 4.39. The average molecular weight is 498 g/mol. The molecule has 0 atom stereocenters. The number of benzene rings is 2. The highest BCUT2D eigenvalue weighted by Gasteiger charge is 2.32. The zero-order chi connectivity index (χ0) is 24.6. The Bertz CT molecular complexity index is 1280. The molecule has 8 nitrogen and oxygen atoms in total. The number of primary amides is 1. The van der Waals surface area contributed by atoms with Gasteiger partial charge in [-0.2, -0.15) is 5.10 Å². The number of alkyl halides is 3. The summed E-state index contributed by atoms with van der Waals surface area (Å²) in [6.07, 6.45) is -4.87. The van der Waals surface area contributed by atoms with Crippen LogP contribution in [-0.4, -0.2) is 39.5 Å². The van der Waals surface area contributed by atoms with Gasteiger partial charge < -0.3 is 20.7 Å².